The maximum atomic E-state index is 12.5. The largest absolute Gasteiger partial charge is 0.462 e. The van der Waals surface area contributed by atoms with E-state index >= 15 is 0 Å². The molecule has 35 heavy (non-hydrogen) atoms. The minimum Gasteiger partial charge on any atom is -0.462 e. The molecule has 0 spiro atoms. The summed E-state index contributed by atoms with van der Waals surface area (Å²) in [5, 5.41) is 2.95. The molecule has 0 saturated heterocycles. The molecule has 0 aromatic carbocycles. The quantitative estimate of drug-likeness (QED) is 0.313. The average molecular weight is 482 g/mol. The number of esters is 1. The highest BCUT2D eigenvalue weighted by Crippen LogP contribution is 2.49. The third-order valence-corrected chi connectivity index (χ3v) is 8.49. The SMILES string of the molecule is CC(CCNC(=O)OC1C2CCC#CCCC21)CC(C)(C)CCC(=O)OC1C2CCC#CCCC21. The Balaban J connectivity index is 1.07. The standard InChI is InChI=1S/C30H43NO4/c1-21(17-19-31-29(33)35-28-24-14-10-6-7-11-15-25(24)28)20-30(2,3)18-16-26(32)34-27-22-12-8-4-5-9-13-23(22)27/h21-25,27-28H,8-20H2,1-3H3,(H,31,33). The van der Waals surface area contributed by atoms with E-state index in [0.29, 0.717) is 42.6 Å². The van der Waals surface area contributed by atoms with Gasteiger partial charge in [-0.15, -0.1) is 23.7 Å². The van der Waals surface area contributed by atoms with Crippen molar-refractivity contribution < 1.29 is 19.1 Å². The molecule has 5 unspecified atom stereocenters. The first-order chi connectivity index (χ1) is 16.8. The Hall–Kier alpha value is -2.14. The van der Waals surface area contributed by atoms with Gasteiger partial charge >= 0.3 is 12.1 Å². The summed E-state index contributed by atoms with van der Waals surface area (Å²) in [5.41, 5.74) is 0.0564. The molecule has 2 fully saturated rings. The highest BCUT2D eigenvalue weighted by molar-refractivity contribution is 5.70. The van der Waals surface area contributed by atoms with Gasteiger partial charge < -0.3 is 14.8 Å². The molecule has 2 saturated carbocycles. The van der Waals surface area contributed by atoms with Crippen LogP contribution in [0.3, 0.4) is 0 Å². The molecule has 1 N–H and O–H groups in total. The summed E-state index contributed by atoms with van der Waals surface area (Å²) in [5.74, 6) is 15.3. The Labute approximate surface area is 211 Å². The summed E-state index contributed by atoms with van der Waals surface area (Å²) in [6, 6.07) is 0. The zero-order valence-corrected chi connectivity index (χ0v) is 21.9. The molecule has 5 atom stereocenters. The lowest BCUT2D eigenvalue weighted by Gasteiger charge is -2.28. The molecule has 5 heteroatoms. The number of hydrogen-bond donors (Lipinski definition) is 1. The molecule has 0 heterocycles. The van der Waals surface area contributed by atoms with Gasteiger partial charge in [0.2, 0.25) is 0 Å². The van der Waals surface area contributed by atoms with Crippen LogP contribution in [-0.2, 0) is 14.3 Å². The van der Waals surface area contributed by atoms with Gasteiger partial charge in [0.1, 0.15) is 12.2 Å². The first-order valence-electron chi connectivity index (χ1n) is 13.9. The molecule has 1 amide bonds. The molecule has 0 aromatic rings. The van der Waals surface area contributed by atoms with Crippen LogP contribution in [0, 0.1) is 58.7 Å². The maximum absolute atomic E-state index is 12.5. The fourth-order valence-electron chi connectivity index (χ4n) is 6.38. The van der Waals surface area contributed by atoms with Gasteiger partial charge in [0.05, 0.1) is 0 Å². The van der Waals surface area contributed by atoms with Gasteiger partial charge in [-0.25, -0.2) is 4.79 Å². The summed E-state index contributed by atoms with van der Waals surface area (Å²) in [6.45, 7) is 7.30. The van der Waals surface area contributed by atoms with E-state index in [0.717, 1.165) is 70.6 Å². The van der Waals surface area contributed by atoms with E-state index in [1.165, 1.54) is 0 Å². The van der Waals surface area contributed by atoms with Gasteiger partial charge in [0, 0.05) is 62.3 Å². The van der Waals surface area contributed by atoms with Gasteiger partial charge in [-0.1, -0.05) is 20.8 Å². The van der Waals surface area contributed by atoms with E-state index < -0.39 is 0 Å². The van der Waals surface area contributed by atoms with Crippen molar-refractivity contribution in [2.75, 3.05) is 6.54 Å². The van der Waals surface area contributed by atoms with Crippen molar-refractivity contribution in [1.82, 2.24) is 5.32 Å². The predicted octanol–water partition coefficient (Wildman–Crippen LogP) is 5.86. The Bertz CT molecular complexity index is 852. The van der Waals surface area contributed by atoms with Crippen LogP contribution in [0.4, 0.5) is 4.79 Å². The number of amides is 1. The smallest absolute Gasteiger partial charge is 0.407 e. The molecule has 4 rings (SSSR count). The summed E-state index contributed by atoms with van der Waals surface area (Å²) in [4.78, 5) is 24.7. The van der Waals surface area contributed by atoms with Gasteiger partial charge in [0.25, 0.3) is 0 Å². The molecule has 0 aromatic heterocycles. The van der Waals surface area contributed by atoms with E-state index in [4.69, 9.17) is 9.47 Å². The first-order valence-corrected chi connectivity index (χ1v) is 13.9. The normalized spacial score (nSPS) is 31.6. The Kier molecular flexibility index (Phi) is 8.69. The zero-order valence-electron chi connectivity index (χ0n) is 21.9. The third kappa shape index (κ3) is 7.67. The van der Waals surface area contributed by atoms with Crippen molar-refractivity contribution in [3.63, 3.8) is 0 Å². The molecule has 4 aliphatic carbocycles. The molecule has 0 aliphatic heterocycles. The van der Waals surface area contributed by atoms with Crippen LogP contribution in [-0.4, -0.2) is 30.8 Å². The lowest BCUT2D eigenvalue weighted by atomic mass is 9.79. The number of nitrogens with one attached hydrogen (secondary N) is 1. The fraction of sp³-hybridized carbons (Fsp3) is 0.800. The third-order valence-electron chi connectivity index (χ3n) is 8.49. The number of alkyl carbamates (subject to hydrolysis) is 1. The molecular formula is C30H43NO4. The monoisotopic (exact) mass is 481 g/mol. The molecule has 5 nitrogen and oxygen atoms in total. The van der Waals surface area contributed by atoms with Crippen LogP contribution in [0.15, 0.2) is 0 Å². The molecule has 4 aliphatic rings. The topological polar surface area (TPSA) is 64.6 Å². The van der Waals surface area contributed by atoms with Crippen LogP contribution in [0.25, 0.3) is 0 Å². The molecular weight excluding hydrogens is 438 g/mol. The number of ether oxygens (including phenoxy) is 2. The van der Waals surface area contributed by atoms with E-state index in [-0.39, 0.29) is 29.7 Å². The Morgan fingerprint density at radius 2 is 1.34 bits per heavy atom. The number of fused-ring (bicyclic) bond motifs is 2. The second-order valence-corrected chi connectivity index (χ2v) is 12.0. The highest BCUT2D eigenvalue weighted by Gasteiger charge is 2.52. The lowest BCUT2D eigenvalue weighted by molar-refractivity contribution is -0.146. The molecule has 0 radical (unpaired) electrons. The minimum atomic E-state index is -0.282. The van der Waals surface area contributed by atoms with Crippen LogP contribution in [0.2, 0.25) is 0 Å². The number of hydrogen-bond acceptors (Lipinski definition) is 4. The Morgan fingerprint density at radius 1 is 0.857 bits per heavy atom. The predicted molar refractivity (Wildman–Crippen MR) is 136 cm³/mol. The van der Waals surface area contributed by atoms with Crippen LogP contribution < -0.4 is 5.32 Å². The van der Waals surface area contributed by atoms with Crippen LogP contribution in [0.5, 0.6) is 0 Å². The van der Waals surface area contributed by atoms with Gasteiger partial charge in [-0.3, -0.25) is 4.79 Å². The fourth-order valence-corrected chi connectivity index (χ4v) is 6.38. The van der Waals surface area contributed by atoms with Crippen molar-refractivity contribution in [2.24, 2.45) is 35.0 Å². The second kappa shape index (κ2) is 11.7. The summed E-state index contributed by atoms with van der Waals surface area (Å²) in [7, 11) is 0. The average Bonchev–Trinajstić information content (AvgIpc) is 3.60. The Morgan fingerprint density at radius 3 is 1.86 bits per heavy atom. The van der Waals surface area contributed by atoms with Gasteiger partial charge in [-0.05, 0) is 56.3 Å². The van der Waals surface area contributed by atoms with Gasteiger partial charge in [0.15, 0.2) is 0 Å². The first kappa shape index (κ1) is 25.9. The van der Waals surface area contributed by atoms with Crippen molar-refractivity contribution in [2.45, 2.75) is 110 Å². The molecule has 192 valence electrons. The van der Waals surface area contributed by atoms with Crippen molar-refractivity contribution in [3.05, 3.63) is 0 Å². The number of rotatable bonds is 10. The summed E-state index contributed by atoms with van der Waals surface area (Å²) < 4.78 is 11.5. The number of carbonyl (C=O) groups excluding carboxylic acids is 2. The van der Waals surface area contributed by atoms with E-state index in [2.05, 4.69) is 49.8 Å². The second-order valence-electron chi connectivity index (χ2n) is 12.0. The summed E-state index contributed by atoms with van der Waals surface area (Å²) >= 11 is 0. The van der Waals surface area contributed by atoms with Crippen molar-refractivity contribution >= 4 is 12.1 Å². The number of carbonyl (C=O) groups is 2. The molecule has 0 bridgehead atoms. The maximum Gasteiger partial charge on any atom is 0.407 e. The lowest BCUT2D eigenvalue weighted by Crippen LogP contribution is -2.28. The zero-order chi connectivity index (χ0) is 24.8. The van der Waals surface area contributed by atoms with Crippen LogP contribution >= 0.6 is 0 Å². The van der Waals surface area contributed by atoms with E-state index in [1.54, 1.807) is 0 Å². The minimum absolute atomic E-state index is 0.0496. The van der Waals surface area contributed by atoms with E-state index in [9.17, 15) is 9.59 Å². The van der Waals surface area contributed by atoms with Gasteiger partial charge in [-0.2, -0.15) is 0 Å². The van der Waals surface area contributed by atoms with E-state index in [1.807, 2.05) is 0 Å². The summed E-state index contributed by atoms with van der Waals surface area (Å²) in [6.07, 6.45) is 11.1. The van der Waals surface area contributed by atoms with Crippen molar-refractivity contribution in [1.29, 1.82) is 0 Å². The van der Waals surface area contributed by atoms with Crippen molar-refractivity contribution in [3.8, 4) is 23.7 Å². The van der Waals surface area contributed by atoms with Crippen LogP contribution in [0.1, 0.15) is 97.8 Å². The highest BCUT2D eigenvalue weighted by atomic mass is 16.6.